The quantitative estimate of drug-likeness (QED) is 0.376. The van der Waals surface area contributed by atoms with Gasteiger partial charge >= 0.3 is 0 Å². The predicted molar refractivity (Wildman–Crippen MR) is 128 cm³/mol. The molecule has 1 aliphatic carbocycles. The van der Waals surface area contributed by atoms with Crippen molar-refractivity contribution in [2.45, 2.75) is 38.7 Å². The average Bonchev–Trinajstić information content (AvgIpc) is 3.47. The van der Waals surface area contributed by atoms with Gasteiger partial charge in [0, 0.05) is 24.6 Å². The monoisotopic (exact) mass is 454 g/mol. The van der Waals surface area contributed by atoms with Gasteiger partial charge in [0.25, 0.3) is 0 Å². The molecule has 0 amide bonds. The van der Waals surface area contributed by atoms with Crippen molar-refractivity contribution in [2.24, 2.45) is 0 Å². The van der Waals surface area contributed by atoms with Crippen molar-refractivity contribution < 1.29 is 18.7 Å². The minimum absolute atomic E-state index is 0.0379. The lowest BCUT2D eigenvalue weighted by atomic mass is 9.94. The Bertz CT molecular complexity index is 1320. The van der Waals surface area contributed by atoms with Crippen molar-refractivity contribution in [3.63, 3.8) is 0 Å². The zero-order valence-electron chi connectivity index (χ0n) is 19.4. The van der Waals surface area contributed by atoms with E-state index >= 15 is 0 Å². The number of Topliss-reactive ketones (excluding diaryl/α,β-unsaturated/α-hetero) is 1. The summed E-state index contributed by atoms with van der Waals surface area (Å²) in [6.45, 7) is 3.49. The first-order valence-electron chi connectivity index (χ1n) is 11.3. The number of hydrogen-bond donors (Lipinski definition) is 0. The highest BCUT2D eigenvalue weighted by molar-refractivity contribution is 5.86. The largest absolute Gasteiger partial charge is 0.493 e. The summed E-state index contributed by atoms with van der Waals surface area (Å²) in [6.07, 6.45) is 4.98. The van der Waals surface area contributed by atoms with Crippen molar-refractivity contribution in [3.8, 4) is 23.0 Å². The van der Waals surface area contributed by atoms with E-state index in [-0.39, 0.29) is 11.9 Å². The number of nitrogens with zero attached hydrogens (tertiary/aromatic N) is 2. The van der Waals surface area contributed by atoms with E-state index in [9.17, 15) is 4.79 Å². The molecule has 2 aromatic carbocycles. The molecule has 0 spiro atoms. The van der Waals surface area contributed by atoms with Crippen LogP contribution in [0.25, 0.3) is 11.5 Å². The third kappa shape index (κ3) is 4.19. The SMILES string of the molecule is COc1ccc(-c2nc(C(C(C)=O)c3ncccc3C)co2)cc1OC1Cc2ccccc2C1. The van der Waals surface area contributed by atoms with Gasteiger partial charge in [-0.2, -0.15) is 0 Å². The normalized spacial score (nSPS) is 14.0. The fourth-order valence-corrected chi connectivity index (χ4v) is 4.58. The summed E-state index contributed by atoms with van der Waals surface area (Å²) >= 11 is 0. The number of carbonyl (C=O) groups excluding carboxylic acids is 1. The van der Waals surface area contributed by atoms with Gasteiger partial charge in [0.05, 0.1) is 18.5 Å². The van der Waals surface area contributed by atoms with Gasteiger partial charge in [-0.1, -0.05) is 30.3 Å². The van der Waals surface area contributed by atoms with Crippen LogP contribution in [0.1, 0.15) is 40.9 Å². The summed E-state index contributed by atoms with van der Waals surface area (Å²) in [4.78, 5) is 21.6. The molecule has 0 saturated heterocycles. The number of carbonyl (C=O) groups is 1. The summed E-state index contributed by atoms with van der Waals surface area (Å²) in [5.74, 6) is 1.08. The van der Waals surface area contributed by atoms with E-state index in [1.165, 1.54) is 17.4 Å². The summed E-state index contributed by atoms with van der Waals surface area (Å²) in [5, 5.41) is 0. The fourth-order valence-electron chi connectivity index (χ4n) is 4.58. The van der Waals surface area contributed by atoms with Crippen LogP contribution < -0.4 is 9.47 Å². The molecule has 2 aromatic heterocycles. The number of aromatic nitrogens is 2. The van der Waals surface area contributed by atoms with Crippen LogP contribution in [0.2, 0.25) is 0 Å². The molecule has 0 saturated carbocycles. The second-order valence-electron chi connectivity index (χ2n) is 8.61. The Labute approximate surface area is 198 Å². The van der Waals surface area contributed by atoms with Crippen molar-refractivity contribution >= 4 is 5.78 Å². The summed E-state index contributed by atoms with van der Waals surface area (Å²) < 4.78 is 17.7. The molecule has 2 heterocycles. The van der Waals surface area contributed by atoms with E-state index in [4.69, 9.17) is 13.9 Å². The van der Waals surface area contributed by atoms with Crippen LogP contribution in [0.4, 0.5) is 0 Å². The molecule has 34 heavy (non-hydrogen) atoms. The Morgan fingerprint density at radius 1 is 1.06 bits per heavy atom. The number of ether oxygens (including phenoxy) is 2. The van der Waals surface area contributed by atoms with Gasteiger partial charge in [-0.05, 0) is 54.8 Å². The molecule has 1 aliphatic rings. The molecule has 5 rings (SSSR count). The maximum absolute atomic E-state index is 12.5. The number of oxazole rings is 1. The van der Waals surface area contributed by atoms with Crippen LogP contribution in [-0.2, 0) is 17.6 Å². The number of pyridine rings is 1. The second-order valence-corrected chi connectivity index (χ2v) is 8.61. The average molecular weight is 455 g/mol. The van der Waals surface area contributed by atoms with E-state index < -0.39 is 5.92 Å². The van der Waals surface area contributed by atoms with Gasteiger partial charge in [0.1, 0.15) is 24.1 Å². The molecule has 1 atom stereocenters. The minimum Gasteiger partial charge on any atom is -0.493 e. The zero-order chi connectivity index (χ0) is 23.7. The van der Waals surface area contributed by atoms with Crippen LogP contribution in [0.5, 0.6) is 11.5 Å². The molecule has 0 bridgehead atoms. The predicted octanol–water partition coefficient (Wildman–Crippen LogP) is 5.32. The lowest BCUT2D eigenvalue weighted by Crippen LogP contribution is -2.16. The Morgan fingerprint density at radius 2 is 1.82 bits per heavy atom. The molecule has 0 aliphatic heterocycles. The van der Waals surface area contributed by atoms with Crippen molar-refractivity contribution in [2.75, 3.05) is 7.11 Å². The topological polar surface area (TPSA) is 74.5 Å². The number of ketones is 1. The highest BCUT2D eigenvalue weighted by Crippen LogP contribution is 2.36. The number of rotatable bonds is 7. The van der Waals surface area contributed by atoms with E-state index in [1.807, 2.05) is 37.3 Å². The number of fused-ring (bicyclic) bond motifs is 1. The Hall–Kier alpha value is -3.93. The smallest absolute Gasteiger partial charge is 0.226 e. The van der Waals surface area contributed by atoms with Gasteiger partial charge in [0.15, 0.2) is 11.5 Å². The third-order valence-electron chi connectivity index (χ3n) is 6.27. The van der Waals surface area contributed by atoms with Crippen LogP contribution in [0, 0.1) is 6.92 Å². The molecule has 6 heteroatoms. The Morgan fingerprint density at radius 3 is 2.50 bits per heavy atom. The van der Waals surface area contributed by atoms with Crippen LogP contribution in [0.15, 0.2) is 71.5 Å². The molecule has 172 valence electrons. The van der Waals surface area contributed by atoms with Crippen LogP contribution >= 0.6 is 0 Å². The summed E-state index contributed by atoms with van der Waals surface area (Å²) in [7, 11) is 1.63. The van der Waals surface area contributed by atoms with Gasteiger partial charge in [-0.25, -0.2) is 4.98 Å². The first-order chi connectivity index (χ1) is 16.5. The van der Waals surface area contributed by atoms with Crippen LogP contribution in [0.3, 0.4) is 0 Å². The lowest BCUT2D eigenvalue weighted by Gasteiger charge is -2.16. The summed E-state index contributed by atoms with van der Waals surface area (Å²) in [6, 6.07) is 17.8. The standard InChI is InChI=1S/C28H26N2O4/c1-17-7-6-12-29-27(17)26(18(2)31)23-16-33-28(30-23)21-10-11-24(32-3)25(15-21)34-22-13-19-8-4-5-9-20(19)14-22/h4-12,15-16,22,26H,13-14H2,1-3H3. The van der Waals surface area contributed by atoms with E-state index in [0.717, 1.165) is 24.0 Å². The second kappa shape index (κ2) is 9.14. The molecule has 0 N–H and O–H groups in total. The first kappa shape index (κ1) is 21.9. The third-order valence-corrected chi connectivity index (χ3v) is 6.27. The maximum atomic E-state index is 12.5. The Balaban J connectivity index is 1.43. The van der Waals surface area contributed by atoms with Crippen molar-refractivity contribution in [3.05, 3.63) is 95.1 Å². The van der Waals surface area contributed by atoms with Gasteiger partial charge in [-0.3, -0.25) is 9.78 Å². The lowest BCUT2D eigenvalue weighted by molar-refractivity contribution is -0.117. The van der Waals surface area contributed by atoms with Crippen LogP contribution in [-0.4, -0.2) is 29.0 Å². The molecule has 0 radical (unpaired) electrons. The molecule has 0 fully saturated rings. The highest BCUT2D eigenvalue weighted by Gasteiger charge is 2.27. The van der Waals surface area contributed by atoms with E-state index in [1.54, 1.807) is 20.2 Å². The Kier molecular flexibility index (Phi) is 5.88. The molecule has 6 nitrogen and oxygen atoms in total. The molecular formula is C28H26N2O4. The number of benzene rings is 2. The fraction of sp³-hybridized carbons (Fsp3) is 0.250. The minimum atomic E-state index is -0.579. The molecule has 4 aromatic rings. The number of aryl methyl sites for hydroxylation is 1. The molecular weight excluding hydrogens is 428 g/mol. The first-order valence-corrected chi connectivity index (χ1v) is 11.3. The zero-order valence-corrected chi connectivity index (χ0v) is 19.4. The van der Waals surface area contributed by atoms with Gasteiger partial charge in [0.2, 0.25) is 5.89 Å². The van der Waals surface area contributed by atoms with E-state index in [2.05, 4.69) is 34.2 Å². The van der Waals surface area contributed by atoms with E-state index in [0.29, 0.717) is 28.8 Å². The maximum Gasteiger partial charge on any atom is 0.226 e. The summed E-state index contributed by atoms with van der Waals surface area (Å²) in [5.41, 5.74) is 5.55. The highest BCUT2D eigenvalue weighted by atomic mass is 16.5. The molecule has 1 unspecified atom stereocenters. The van der Waals surface area contributed by atoms with Gasteiger partial charge < -0.3 is 13.9 Å². The van der Waals surface area contributed by atoms with Crippen molar-refractivity contribution in [1.82, 2.24) is 9.97 Å². The van der Waals surface area contributed by atoms with Crippen molar-refractivity contribution in [1.29, 1.82) is 0 Å². The van der Waals surface area contributed by atoms with Gasteiger partial charge in [-0.15, -0.1) is 0 Å². The number of hydrogen-bond acceptors (Lipinski definition) is 6. The number of methoxy groups -OCH3 is 1.